The highest BCUT2D eigenvalue weighted by atomic mass is 16.4. The molecule has 4 N–H and O–H groups in total. The molecule has 0 saturated heterocycles. The number of carboxylic acid groups (broad SMARTS) is 1. The van der Waals surface area contributed by atoms with Crippen LogP contribution in [0.1, 0.15) is 33.6 Å². The van der Waals surface area contributed by atoms with Crippen LogP contribution in [0.4, 0.5) is 0 Å². The molecule has 1 unspecified atom stereocenters. The summed E-state index contributed by atoms with van der Waals surface area (Å²) in [5.41, 5.74) is 5.57. The topological polar surface area (TPSA) is 92.4 Å². The molecule has 2 atom stereocenters. The zero-order chi connectivity index (χ0) is 12.0. The second-order valence-electron chi connectivity index (χ2n) is 3.96. The fourth-order valence-corrected chi connectivity index (χ4v) is 1.22. The molecular formula is C10H20N2O3. The lowest BCUT2D eigenvalue weighted by Crippen LogP contribution is -2.50. The maximum absolute atomic E-state index is 11.5. The van der Waals surface area contributed by atoms with Crippen molar-refractivity contribution in [3.63, 3.8) is 0 Å². The molecule has 0 bridgehead atoms. The van der Waals surface area contributed by atoms with Crippen molar-refractivity contribution in [1.82, 2.24) is 5.32 Å². The molecule has 0 fully saturated rings. The van der Waals surface area contributed by atoms with Crippen LogP contribution < -0.4 is 11.1 Å². The van der Waals surface area contributed by atoms with Crippen LogP contribution >= 0.6 is 0 Å². The van der Waals surface area contributed by atoms with Crippen LogP contribution in [-0.2, 0) is 9.59 Å². The molecule has 0 heterocycles. The van der Waals surface area contributed by atoms with Gasteiger partial charge in [-0.15, -0.1) is 0 Å². The summed E-state index contributed by atoms with van der Waals surface area (Å²) in [5, 5.41) is 11.3. The fraction of sp³-hybridized carbons (Fsp3) is 0.800. The molecule has 15 heavy (non-hydrogen) atoms. The van der Waals surface area contributed by atoms with Crippen molar-refractivity contribution < 1.29 is 14.7 Å². The van der Waals surface area contributed by atoms with Gasteiger partial charge in [-0.3, -0.25) is 4.79 Å². The molecule has 1 amide bonds. The lowest BCUT2D eigenvalue weighted by molar-refractivity contribution is -0.143. The van der Waals surface area contributed by atoms with Crippen LogP contribution in [-0.4, -0.2) is 29.1 Å². The largest absolute Gasteiger partial charge is 0.480 e. The van der Waals surface area contributed by atoms with Crippen molar-refractivity contribution in [2.45, 2.75) is 45.7 Å². The lowest BCUT2D eigenvalue weighted by Gasteiger charge is -2.20. The van der Waals surface area contributed by atoms with Gasteiger partial charge in [0.25, 0.3) is 0 Å². The zero-order valence-electron chi connectivity index (χ0n) is 9.49. The molecule has 0 aliphatic rings. The molecule has 0 rings (SSSR count). The zero-order valence-corrected chi connectivity index (χ0v) is 9.49. The smallest absolute Gasteiger partial charge is 0.326 e. The van der Waals surface area contributed by atoms with Crippen LogP contribution in [0.3, 0.4) is 0 Å². The van der Waals surface area contributed by atoms with E-state index in [1.165, 1.54) is 0 Å². The van der Waals surface area contributed by atoms with Gasteiger partial charge in [-0.2, -0.15) is 0 Å². The molecule has 0 saturated carbocycles. The van der Waals surface area contributed by atoms with E-state index >= 15 is 0 Å². The average molecular weight is 216 g/mol. The maximum Gasteiger partial charge on any atom is 0.326 e. The van der Waals surface area contributed by atoms with E-state index < -0.39 is 24.0 Å². The summed E-state index contributed by atoms with van der Waals surface area (Å²) in [6.07, 6.45) is 1.37. The number of carbonyl (C=O) groups is 2. The summed E-state index contributed by atoms with van der Waals surface area (Å²) in [5.74, 6) is -1.57. The number of aliphatic carboxylic acids is 1. The minimum Gasteiger partial charge on any atom is -0.480 e. The van der Waals surface area contributed by atoms with Crippen molar-refractivity contribution in [3.05, 3.63) is 0 Å². The first-order valence-electron chi connectivity index (χ1n) is 5.18. The molecule has 0 spiro atoms. The molecule has 0 radical (unpaired) electrons. The fourth-order valence-electron chi connectivity index (χ4n) is 1.22. The minimum absolute atomic E-state index is 0.153. The van der Waals surface area contributed by atoms with Gasteiger partial charge in [-0.1, -0.05) is 27.2 Å². The number of nitrogens with two attached hydrogens (primary N) is 1. The summed E-state index contributed by atoms with van der Waals surface area (Å²) in [7, 11) is 0. The third-order valence-corrected chi connectivity index (χ3v) is 2.17. The predicted molar refractivity (Wildman–Crippen MR) is 57.3 cm³/mol. The Bertz CT molecular complexity index is 229. The monoisotopic (exact) mass is 216 g/mol. The predicted octanol–water partition coefficient (Wildman–Crippen LogP) is 0.339. The summed E-state index contributed by atoms with van der Waals surface area (Å²) >= 11 is 0. The van der Waals surface area contributed by atoms with Crippen molar-refractivity contribution in [2.24, 2.45) is 11.7 Å². The number of hydrogen-bond acceptors (Lipinski definition) is 3. The standard InChI is InChI=1S/C10H20N2O3/c1-4-5-7(11)9(13)12-8(6(2)3)10(14)15/h6-8H,4-5,11H2,1-3H3,(H,12,13)(H,14,15)/t7?,8-/m0/s1. The number of rotatable bonds is 6. The van der Waals surface area contributed by atoms with Crippen molar-refractivity contribution >= 4 is 11.9 Å². The Labute approximate surface area is 90.0 Å². The van der Waals surface area contributed by atoms with Crippen molar-refractivity contribution in [3.8, 4) is 0 Å². The van der Waals surface area contributed by atoms with Gasteiger partial charge < -0.3 is 16.2 Å². The van der Waals surface area contributed by atoms with Gasteiger partial charge in [0.1, 0.15) is 6.04 Å². The number of nitrogens with one attached hydrogen (secondary N) is 1. The van der Waals surface area contributed by atoms with Crippen molar-refractivity contribution in [2.75, 3.05) is 0 Å². The Morgan fingerprint density at radius 3 is 2.27 bits per heavy atom. The van der Waals surface area contributed by atoms with Crippen LogP contribution in [0, 0.1) is 5.92 Å². The van der Waals surface area contributed by atoms with E-state index in [9.17, 15) is 9.59 Å². The van der Waals surface area contributed by atoms with E-state index in [1.54, 1.807) is 13.8 Å². The highest BCUT2D eigenvalue weighted by molar-refractivity contribution is 5.86. The van der Waals surface area contributed by atoms with Crippen molar-refractivity contribution in [1.29, 1.82) is 0 Å². The van der Waals surface area contributed by atoms with E-state index in [2.05, 4.69) is 5.32 Å². The molecular weight excluding hydrogens is 196 g/mol. The van der Waals surface area contributed by atoms with Crippen LogP contribution in [0.5, 0.6) is 0 Å². The van der Waals surface area contributed by atoms with E-state index in [0.29, 0.717) is 6.42 Å². The van der Waals surface area contributed by atoms with Gasteiger partial charge in [0.15, 0.2) is 0 Å². The summed E-state index contributed by atoms with van der Waals surface area (Å²) < 4.78 is 0. The van der Waals surface area contributed by atoms with E-state index in [-0.39, 0.29) is 5.92 Å². The van der Waals surface area contributed by atoms with Gasteiger partial charge in [0, 0.05) is 0 Å². The summed E-state index contributed by atoms with van der Waals surface area (Å²) in [6.45, 7) is 5.40. The van der Waals surface area contributed by atoms with Gasteiger partial charge >= 0.3 is 5.97 Å². The molecule has 0 aromatic carbocycles. The number of carboxylic acids is 1. The van der Waals surface area contributed by atoms with Gasteiger partial charge in [-0.25, -0.2) is 4.79 Å². The molecule has 5 nitrogen and oxygen atoms in total. The van der Waals surface area contributed by atoms with E-state index in [4.69, 9.17) is 10.8 Å². The average Bonchev–Trinajstić information content (AvgIpc) is 2.12. The second-order valence-corrected chi connectivity index (χ2v) is 3.96. The molecule has 0 aliphatic carbocycles. The van der Waals surface area contributed by atoms with E-state index in [1.807, 2.05) is 6.92 Å². The first-order valence-corrected chi connectivity index (χ1v) is 5.18. The van der Waals surface area contributed by atoms with E-state index in [0.717, 1.165) is 6.42 Å². The summed E-state index contributed by atoms with van der Waals surface area (Å²) in [4.78, 5) is 22.3. The highest BCUT2D eigenvalue weighted by Crippen LogP contribution is 2.03. The molecule has 0 aromatic rings. The third kappa shape index (κ3) is 4.78. The Kier molecular flexibility index (Phi) is 5.93. The maximum atomic E-state index is 11.5. The third-order valence-electron chi connectivity index (χ3n) is 2.17. The van der Waals surface area contributed by atoms with Gasteiger partial charge in [0.05, 0.1) is 6.04 Å². The number of amides is 1. The quantitative estimate of drug-likeness (QED) is 0.597. The SMILES string of the molecule is CCCC(N)C(=O)N[C@H](C(=O)O)C(C)C. The second kappa shape index (κ2) is 6.40. The van der Waals surface area contributed by atoms with Gasteiger partial charge in [0.2, 0.25) is 5.91 Å². The Balaban J connectivity index is 4.29. The van der Waals surface area contributed by atoms with Gasteiger partial charge in [-0.05, 0) is 12.3 Å². The Morgan fingerprint density at radius 1 is 1.40 bits per heavy atom. The molecule has 0 aromatic heterocycles. The Hall–Kier alpha value is -1.10. The summed E-state index contributed by atoms with van der Waals surface area (Å²) in [6, 6.07) is -1.48. The molecule has 88 valence electrons. The lowest BCUT2D eigenvalue weighted by atomic mass is 10.0. The first-order chi connectivity index (χ1) is 6.90. The highest BCUT2D eigenvalue weighted by Gasteiger charge is 2.25. The number of carbonyl (C=O) groups excluding carboxylic acids is 1. The van der Waals surface area contributed by atoms with Crippen LogP contribution in [0.15, 0.2) is 0 Å². The minimum atomic E-state index is -1.03. The van der Waals surface area contributed by atoms with Crippen LogP contribution in [0.2, 0.25) is 0 Å². The molecule has 0 aliphatic heterocycles. The van der Waals surface area contributed by atoms with Crippen LogP contribution in [0.25, 0.3) is 0 Å². The number of hydrogen-bond donors (Lipinski definition) is 3. The normalized spacial score (nSPS) is 14.7. The molecule has 5 heteroatoms. The Morgan fingerprint density at radius 2 is 1.93 bits per heavy atom. The first kappa shape index (κ1) is 13.9.